The summed E-state index contributed by atoms with van der Waals surface area (Å²) in [5, 5.41) is 2.96. The molecule has 0 saturated heterocycles. The monoisotopic (exact) mass is 321 g/mol. The number of hydrogen-bond donors (Lipinski definition) is 2. The molecule has 0 aliphatic heterocycles. The lowest BCUT2D eigenvalue weighted by Crippen LogP contribution is -2.25. The Morgan fingerprint density at radius 2 is 1.87 bits per heavy atom. The van der Waals surface area contributed by atoms with Crippen molar-refractivity contribution in [2.24, 2.45) is 10.7 Å². The van der Waals surface area contributed by atoms with Gasteiger partial charge < -0.3 is 20.5 Å². The van der Waals surface area contributed by atoms with Crippen LogP contribution in [0.25, 0.3) is 0 Å². The average Bonchev–Trinajstić information content (AvgIpc) is 2.38. The van der Waals surface area contributed by atoms with Crippen molar-refractivity contribution in [3.05, 3.63) is 24.3 Å². The van der Waals surface area contributed by atoms with E-state index in [4.69, 9.17) is 15.2 Å². The Labute approximate surface area is 138 Å². The van der Waals surface area contributed by atoms with E-state index in [0.717, 1.165) is 11.4 Å². The molecular weight excluding hydrogens is 294 g/mol. The van der Waals surface area contributed by atoms with Gasteiger partial charge in [-0.25, -0.2) is 0 Å². The van der Waals surface area contributed by atoms with Gasteiger partial charge in [0, 0.05) is 5.69 Å². The van der Waals surface area contributed by atoms with Gasteiger partial charge in [-0.2, -0.15) is 0 Å². The fourth-order valence-electron chi connectivity index (χ4n) is 1.74. The minimum absolute atomic E-state index is 0.133. The molecule has 0 aromatic heterocycles. The predicted octanol–water partition coefficient (Wildman–Crippen LogP) is 2.93. The van der Waals surface area contributed by atoms with Crippen LogP contribution < -0.4 is 15.8 Å². The largest absolute Gasteiger partial charge is 0.491 e. The van der Waals surface area contributed by atoms with Crippen LogP contribution in [0.15, 0.2) is 29.3 Å². The van der Waals surface area contributed by atoms with E-state index in [1.807, 2.05) is 58.9 Å². The molecule has 1 aromatic carbocycles. The number of esters is 1. The van der Waals surface area contributed by atoms with Crippen LogP contribution in [0.2, 0.25) is 0 Å². The molecule has 0 fully saturated rings. The number of carbonyl (C=O) groups excluding carboxylic acids is 1. The molecular formula is C17H27N3O3. The molecule has 3 N–H and O–H groups in total. The maximum absolute atomic E-state index is 11.6. The SMILES string of the molecule is CC(C)Oc1ccc(NC(N)=NCCC(=O)OC(C)(C)C)cc1. The molecule has 23 heavy (non-hydrogen) atoms. The smallest absolute Gasteiger partial charge is 0.308 e. The van der Waals surface area contributed by atoms with Crippen molar-refractivity contribution in [1.82, 2.24) is 0 Å². The summed E-state index contributed by atoms with van der Waals surface area (Å²) >= 11 is 0. The maximum Gasteiger partial charge on any atom is 0.308 e. The van der Waals surface area contributed by atoms with Crippen LogP contribution in [-0.2, 0) is 9.53 Å². The van der Waals surface area contributed by atoms with Gasteiger partial charge in [-0.15, -0.1) is 0 Å². The van der Waals surface area contributed by atoms with Gasteiger partial charge in [0.15, 0.2) is 5.96 Å². The molecule has 6 heteroatoms. The maximum atomic E-state index is 11.6. The van der Waals surface area contributed by atoms with E-state index in [9.17, 15) is 4.79 Å². The number of ether oxygens (including phenoxy) is 2. The van der Waals surface area contributed by atoms with Gasteiger partial charge in [0.25, 0.3) is 0 Å². The summed E-state index contributed by atoms with van der Waals surface area (Å²) < 4.78 is 10.8. The Bertz CT molecular complexity index is 531. The molecule has 1 rings (SSSR count). The van der Waals surface area contributed by atoms with Crippen molar-refractivity contribution in [2.75, 3.05) is 11.9 Å². The fourth-order valence-corrected chi connectivity index (χ4v) is 1.74. The van der Waals surface area contributed by atoms with Crippen LogP contribution in [0.1, 0.15) is 41.0 Å². The van der Waals surface area contributed by atoms with Gasteiger partial charge in [0.05, 0.1) is 19.1 Å². The van der Waals surface area contributed by atoms with Crippen LogP contribution in [0, 0.1) is 0 Å². The van der Waals surface area contributed by atoms with E-state index in [2.05, 4.69) is 10.3 Å². The highest BCUT2D eigenvalue weighted by Gasteiger charge is 2.15. The zero-order chi connectivity index (χ0) is 17.5. The number of aliphatic imine (C=N–C) groups is 1. The third-order valence-corrected chi connectivity index (χ3v) is 2.52. The third kappa shape index (κ3) is 8.70. The van der Waals surface area contributed by atoms with E-state index < -0.39 is 5.60 Å². The van der Waals surface area contributed by atoms with Crippen LogP contribution in [0.3, 0.4) is 0 Å². The van der Waals surface area contributed by atoms with Crippen molar-refractivity contribution in [2.45, 2.75) is 52.7 Å². The Morgan fingerprint density at radius 1 is 1.26 bits per heavy atom. The second-order valence-corrected chi connectivity index (χ2v) is 6.42. The number of benzene rings is 1. The standard InChI is InChI=1S/C17H27N3O3/c1-12(2)22-14-8-6-13(7-9-14)20-16(18)19-11-10-15(21)23-17(3,4)5/h6-9,12H,10-11H2,1-5H3,(H3,18,19,20). The first kappa shape index (κ1) is 18.8. The van der Waals surface area contributed by atoms with Gasteiger partial charge in [-0.3, -0.25) is 9.79 Å². The second kappa shape index (κ2) is 8.41. The van der Waals surface area contributed by atoms with E-state index in [-0.39, 0.29) is 31.0 Å². The molecule has 0 unspecified atom stereocenters. The summed E-state index contributed by atoms with van der Waals surface area (Å²) in [6.45, 7) is 9.72. The number of carbonyl (C=O) groups is 1. The van der Waals surface area contributed by atoms with E-state index in [0.29, 0.717) is 0 Å². The summed E-state index contributed by atoms with van der Waals surface area (Å²) in [7, 11) is 0. The first-order valence-corrected chi connectivity index (χ1v) is 7.71. The quantitative estimate of drug-likeness (QED) is 0.478. The van der Waals surface area contributed by atoms with Gasteiger partial charge in [-0.1, -0.05) is 0 Å². The van der Waals surface area contributed by atoms with Crippen LogP contribution in [0.5, 0.6) is 5.75 Å². The molecule has 0 saturated carbocycles. The van der Waals surface area contributed by atoms with Gasteiger partial charge in [-0.05, 0) is 58.9 Å². The van der Waals surface area contributed by atoms with Crippen molar-refractivity contribution < 1.29 is 14.3 Å². The minimum Gasteiger partial charge on any atom is -0.491 e. The molecule has 0 atom stereocenters. The van der Waals surface area contributed by atoms with E-state index in [1.165, 1.54) is 0 Å². The third-order valence-electron chi connectivity index (χ3n) is 2.52. The Balaban J connectivity index is 2.43. The number of rotatable bonds is 6. The van der Waals surface area contributed by atoms with Gasteiger partial charge in [0.1, 0.15) is 11.4 Å². The Morgan fingerprint density at radius 3 is 2.39 bits per heavy atom. The molecule has 0 heterocycles. The lowest BCUT2D eigenvalue weighted by Gasteiger charge is -2.19. The van der Waals surface area contributed by atoms with Gasteiger partial charge in [0.2, 0.25) is 0 Å². The van der Waals surface area contributed by atoms with Gasteiger partial charge >= 0.3 is 5.97 Å². The summed E-state index contributed by atoms with van der Waals surface area (Å²) in [4.78, 5) is 15.7. The molecule has 0 aliphatic carbocycles. The van der Waals surface area contributed by atoms with Crippen molar-refractivity contribution in [3.63, 3.8) is 0 Å². The molecule has 6 nitrogen and oxygen atoms in total. The Kier molecular flexibility index (Phi) is 6.88. The predicted molar refractivity (Wildman–Crippen MR) is 92.8 cm³/mol. The lowest BCUT2D eigenvalue weighted by atomic mass is 10.2. The number of nitrogens with zero attached hydrogens (tertiary/aromatic N) is 1. The van der Waals surface area contributed by atoms with Crippen LogP contribution in [0.4, 0.5) is 5.69 Å². The van der Waals surface area contributed by atoms with Crippen molar-refractivity contribution >= 4 is 17.6 Å². The molecule has 1 aromatic rings. The molecule has 0 aliphatic rings. The summed E-state index contributed by atoms with van der Waals surface area (Å²) in [5.74, 6) is 0.765. The van der Waals surface area contributed by atoms with E-state index >= 15 is 0 Å². The number of hydrogen-bond acceptors (Lipinski definition) is 4. The first-order chi connectivity index (χ1) is 10.7. The van der Waals surface area contributed by atoms with Crippen LogP contribution >= 0.6 is 0 Å². The molecule has 128 valence electrons. The highest BCUT2D eigenvalue weighted by Crippen LogP contribution is 2.16. The number of anilines is 1. The van der Waals surface area contributed by atoms with Crippen molar-refractivity contribution in [1.29, 1.82) is 0 Å². The zero-order valence-corrected chi connectivity index (χ0v) is 14.6. The second-order valence-electron chi connectivity index (χ2n) is 6.42. The molecule has 0 bridgehead atoms. The van der Waals surface area contributed by atoms with Crippen LogP contribution in [-0.4, -0.2) is 30.2 Å². The summed E-state index contributed by atoms with van der Waals surface area (Å²) in [6, 6.07) is 7.43. The summed E-state index contributed by atoms with van der Waals surface area (Å²) in [6.07, 6.45) is 0.328. The molecule has 0 radical (unpaired) electrons. The highest BCUT2D eigenvalue weighted by molar-refractivity contribution is 5.92. The average molecular weight is 321 g/mol. The minimum atomic E-state index is -0.482. The van der Waals surface area contributed by atoms with Crippen molar-refractivity contribution in [3.8, 4) is 5.75 Å². The topological polar surface area (TPSA) is 85.9 Å². The first-order valence-electron chi connectivity index (χ1n) is 7.71. The highest BCUT2D eigenvalue weighted by atomic mass is 16.6. The summed E-state index contributed by atoms with van der Waals surface area (Å²) in [5.41, 5.74) is 6.12. The number of nitrogens with one attached hydrogen (secondary N) is 1. The normalized spacial score (nSPS) is 12.2. The van der Waals surface area contributed by atoms with E-state index in [1.54, 1.807) is 0 Å². The lowest BCUT2D eigenvalue weighted by molar-refractivity contribution is -0.154. The Hall–Kier alpha value is -2.24. The number of nitrogens with two attached hydrogens (primary N) is 1. The fraction of sp³-hybridized carbons (Fsp3) is 0.529. The number of guanidine groups is 1. The molecule has 0 spiro atoms. The molecule has 0 amide bonds. The zero-order valence-electron chi connectivity index (χ0n) is 14.6.